The first-order chi connectivity index (χ1) is 10.1. The van der Waals surface area contributed by atoms with Crippen LogP contribution in [-0.4, -0.2) is 16.5 Å². The fraction of sp³-hybridized carbons (Fsp3) is 0.571. The highest BCUT2D eigenvalue weighted by Gasteiger charge is 2.17. The lowest BCUT2D eigenvalue weighted by atomic mass is 9.90. The Balaban J connectivity index is 1.98. The van der Waals surface area contributed by atoms with E-state index in [1.807, 2.05) is 0 Å². The smallest absolute Gasteiger partial charge is 0.276 e. The molecule has 1 aromatic carbocycles. The molecule has 1 aromatic rings. The molecule has 2 rings (SSSR count). The van der Waals surface area contributed by atoms with Crippen LogP contribution in [0.25, 0.3) is 0 Å². The summed E-state index contributed by atoms with van der Waals surface area (Å²) in [5.74, 6) is 0.535. The van der Waals surface area contributed by atoms with Crippen LogP contribution >= 0.6 is 0 Å². The van der Waals surface area contributed by atoms with E-state index in [0.717, 1.165) is 18.9 Å². The largest absolute Gasteiger partial charge is 0.376 e. The maximum atomic E-state index is 10.8. The van der Waals surface area contributed by atoms with Crippen molar-refractivity contribution in [2.24, 2.45) is 5.92 Å². The van der Waals surface area contributed by atoms with Crippen molar-refractivity contribution in [3.05, 3.63) is 44.0 Å². The summed E-state index contributed by atoms with van der Waals surface area (Å²) < 4.78 is 5.58. The second-order valence-corrected chi connectivity index (χ2v) is 5.39. The maximum absolute atomic E-state index is 10.8. The topological polar surface area (TPSA) is 95.5 Å². The minimum atomic E-state index is -0.627. The van der Waals surface area contributed by atoms with Gasteiger partial charge in [0.05, 0.1) is 22.5 Å². The molecule has 0 N–H and O–H groups in total. The number of rotatable bonds is 6. The molecule has 1 aliphatic carbocycles. The zero-order chi connectivity index (χ0) is 15.2. The third-order valence-electron chi connectivity index (χ3n) is 3.73. The van der Waals surface area contributed by atoms with Gasteiger partial charge in [0.25, 0.3) is 11.4 Å². The van der Waals surface area contributed by atoms with E-state index in [1.54, 1.807) is 0 Å². The predicted molar refractivity (Wildman–Crippen MR) is 76.0 cm³/mol. The van der Waals surface area contributed by atoms with Crippen LogP contribution in [-0.2, 0) is 11.3 Å². The third kappa shape index (κ3) is 4.49. The lowest BCUT2D eigenvalue weighted by Gasteiger charge is -2.21. The SMILES string of the molecule is O=[N+]([O-])c1cc(COCC2CCCCC2)cc([N+](=O)[O-])c1. The van der Waals surface area contributed by atoms with Gasteiger partial charge < -0.3 is 4.74 Å². The molecule has 0 heterocycles. The van der Waals surface area contributed by atoms with Crippen molar-refractivity contribution in [1.29, 1.82) is 0 Å². The van der Waals surface area contributed by atoms with Crippen LogP contribution in [0, 0.1) is 26.1 Å². The minimum Gasteiger partial charge on any atom is -0.376 e. The van der Waals surface area contributed by atoms with Gasteiger partial charge in [-0.05, 0) is 24.3 Å². The predicted octanol–water partition coefficient (Wildman–Crippen LogP) is 3.60. The number of non-ortho nitro benzene ring substituents is 2. The van der Waals surface area contributed by atoms with Crippen molar-refractivity contribution in [3.8, 4) is 0 Å². The van der Waals surface area contributed by atoms with Crippen LogP contribution in [0.5, 0.6) is 0 Å². The average molecular weight is 294 g/mol. The van der Waals surface area contributed by atoms with Gasteiger partial charge in [0.15, 0.2) is 0 Å². The fourth-order valence-electron chi connectivity index (χ4n) is 2.65. The first kappa shape index (κ1) is 15.4. The Bertz CT molecular complexity index is 494. The van der Waals surface area contributed by atoms with E-state index in [-0.39, 0.29) is 18.0 Å². The Morgan fingerprint density at radius 1 is 1.00 bits per heavy atom. The van der Waals surface area contributed by atoms with Gasteiger partial charge in [-0.25, -0.2) is 0 Å². The van der Waals surface area contributed by atoms with Gasteiger partial charge in [-0.15, -0.1) is 0 Å². The highest BCUT2D eigenvalue weighted by atomic mass is 16.6. The van der Waals surface area contributed by atoms with Crippen LogP contribution in [0.4, 0.5) is 11.4 Å². The van der Waals surface area contributed by atoms with Crippen molar-refractivity contribution < 1.29 is 14.6 Å². The highest BCUT2D eigenvalue weighted by molar-refractivity contribution is 5.46. The molecule has 1 saturated carbocycles. The van der Waals surface area contributed by atoms with Crippen molar-refractivity contribution in [3.63, 3.8) is 0 Å². The lowest BCUT2D eigenvalue weighted by molar-refractivity contribution is -0.394. The van der Waals surface area contributed by atoms with Gasteiger partial charge in [-0.3, -0.25) is 20.2 Å². The molecule has 1 fully saturated rings. The van der Waals surface area contributed by atoms with Crippen LogP contribution in [0.3, 0.4) is 0 Å². The molecular weight excluding hydrogens is 276 g/mol. The first-order valence-corrected chi connectivity index (χ1v) is 7.07. The van der Waals surface area contributed by atoms with E-state index in [2.05, 4.69) is 0 Å². The number of hydrogen-bond donors (Lipinski definition) is 0. The van der Waals surface area contributed by atoms with Gasteiger partial charge >= 0.3 is 0 Å². The van der Waals surface area contributed by atoms with E-state index in [0.29, 0.717) is 18.1 Å². The summed E-state index contributed by atoms with van der Waals surface area (Å²) in [6.07, 6.45) is 6.00. The Morgan fingerprint density at radius 2 is 1.57 bits per heavy atom. The summed E-state index contributed by atoms with van der Waals surface area (Å²) in [6, 6.07) is 3.62. The second-order valence-electron chi connectivity index (χ2n) is 5.39. The second kappa shape index (κ2) is 7.12. The summed E-state index contributed by atoms with van der Waals surface area (Å²) in [5, 5.41) is 21.6. The number of benzene rings is 1. The zero-order valence-corrected chi connectivity index (χ0v) is 11.7. The molecule has 0 spiro atoms. The first-order valence-electron chi connectivity index (χ1n) is 7.07. The van der Waals surface area contributed by atoms with Crippen molar-refractivity contribution >= 4 is 11.4 Å². The summed E-state index contributed by atoms with van der Waals surface area (Å²) in [6.45, 7) is 0.773. The number of nitro benzene ring substituents is 2. The Kier molecular flexibility index (Phi) is 5.21. The highest BCUT2D eigenvalue weighted by Crippen LogP contribution is 2.25. The molecule has 0 aromatic heterocycles. The zero-order valence-electron chi connectivity index (χ0n) is 11.7. The van der Waals surface area contributed by atoms with E-state index in [9.17, 15) is 20.2 Å². The molecule has 114 valence electrons. The van der Waals surface area contributed by atoms with E-state index < -0.39 is 9.85 Å². The number of ether oxygens (including phenoxy) is 1. The van der Waals surface area contributed by atoms with Gasteiger partial charge in [0.2, 0.25) is 0 Å². The van der Waals surface area contributed by atoms with Gasteiger partial charge in [-0.1, -0.05) is 19.3 Å². The molecule has 21 heavy (non-hydrogen) atoms. The molecular formula is C14H18N2O5. The van der Waals surface area contributed by atoms with Gasteiger partial charge in [0, 0.05) is 18.7 Å². The molecule has 0 unspecified atom stereocenters. The van der Waals surface area contributed by atoms with Gasteiger partial charge in [0.1, 0.15) is 0 Å². The summed E-state index contributed by atoms with van der Waals surface area (Å²) in [7, 11) is 0. The molecule has 0 saturated heterocycles. The lowest BCUT2D eigenvalue weighted by Crippen LogP contribution is -2.13. The summed E-state index contributed by atoms with van der Waals surface area (Å²) >= 11 is 0. The molecule has 0 atom stereocenters. The van der Waals surface area contributed by atoms with Crippen molar-refractivity contribution in [2.45, 2.75) is 38.7 Å². The molecule has 7 nitrogen and oxygen atoms in total. The van der Waals surface area contributed by atoms with Crippen LogP contribution < -0.4 is 0 Å². The van der Waals surface area contributed by atoms with E-state index in [4.69, 9.17) is 4.74 Å². The van der Waals surface area contributed by atoms with Crippen molar-refractivity contribution in [2.75, 3.05) is 6.61 Å². The van der Waals surface area contributed by atoms with Gasteiger partial charge in [-0.2, -0.15) is 0 Å². The van der Waals surface area contributed by atoms with Crippen LogP contribution in [0.2, 0.25) is 0 Å². The number of nitrogens with zero attached hydrogens (tertiary/aromatic N) is 2. The third-order valence-corrected chi connectivity index (χ3v) is 3.73. The Morgan fingerprint density at radius 3 is 2.10 bits per heavy atom. The molecule has 0 amide bonds. The monoisotopic (exact) mass is 294 g/mol. The minimum absolute atomic E-state index is 0.166. The molecule has 0 aliphatic heterocycles. The molecule has 1 aliphatic rings. The molecule has 0 bridgehead atoms. The fourth-order valence-corrected chi connectivity index (χ4v) is 2.65. The summed E-state index contributed by atoms with van der Waals surface area (Å²) in [4.78, 5) is 20.3. The van der Waals surface area contributed by atoms with E-state index in [1.165, 1.54) is 31.4 Å². The molecule has 7 heteroatoms. The maximum Gasteiger partial charge on any atom is 0.276 e. The van der Waals surface area contributed by atoms with Crippen LogP contribution in [0.15, 0.2) is 18.2 Å². The van der Waals surface area contributed by atoms with Crippen LogP contribution in [0.1, 0.15) is 37.7 Å². The molecule has 0 radical (unpaired) electrons. The standard InChI is InChI=1S/C14H18N2O5/c17-15(18)13-6-12(7-14(8-13)16(19)20)10-21-9-11-4-2-1-3-5-11/h6-8,11H,1-5,9-10H2. The normalized spacial score (nSPS) is 15.8. The Hall–Kier alpha value is -2.02. The quantitative estimate of drug-likeness (QED) is 0.590. The average Bonchev–Trinajstić information content (AvgIpc) is 2.48. The van der Waals surface area contributed by atoms with Crippen molar-refractivity contribution in [1.82, 2.24) is 0 Å². The summed E-state index contributed by atoms with van der Waals surface area (Å²) in [5.41, 5.74) is -0.0901. The number of nitro groups is 2. The Labute approximate surface area is 122 Å². The number of hydrogen-bond acceptors (Lipinski definition) is 5. The van der Waals surface area contributed by atoms with E-state index >= 15 is 0 Å².